The van der Waals surface area contributed by atoms with Crippen molar-refractivity contribution in [3.05, 3.63) is 69.0 Å². The molecule has 0 radical (unpaired) electrons. The van der Waals surface area contributed by atoms with Crippen molar-refractivity contribution in [2.45, 2.75) is 33.2 Å². The summed E-state index contributed by atoms with van der Waals surface area (Å²) in [4.78, 5) is 43.0. The SMILES string of the molecule is CCCc1nn(C)c2c(=O)n(CCOc3cccc(/C(C)=C4/SC(=O)NC4=O)c3)c(-c3ccc(OC)c(OC)c3)nc12. The van der Waals surface area contributed by atoms with Gasteiger partial charge in [0.15, 0.2) is 17.0 Å². The summed E-state index contributed by atoms with van der Waals surface area (Å²) in [7, 11) is 4.87. The van der Waals surface area contributed by atoms with Crippen molar-refractivity contribution in [3.63, 3.8) is 0 Å². The number of aromatic nitrogens is 4. The first-order chi connectivity index (χ1) is 20.2. The van der Waals surface area contributed by atoms with E-state index in [4.69, 9.17) is 19.2 Å². The molecule has 1 aliphatic rings. The van der Waals surface area contributed by atoms with Crippen LogP contribution in [0, 0.1) is 0 Å². The molecule has 2 aromatic heterocycles. The molecule has 0 atom stereocenters. The fourth-order valence-electron chi connectivity index (χ4n) is 4.89. The first-order valence-electron chi connectivity index (χ1n) is 13.4. The van der Waals surface area contributed by atoms with Crippen LogP contribution in [0.2, 0.25) is 0 Å². The van der Waals surface area contributed by atoms with Gasteiger partial charge >= 0.3 is 0 Å². The van der Waals surface area contributed by atoms with E-state index in [9.17, 15) is 14.4 Å². The molecule has 0 saturated carbocycles. The van der Waals surface area contributed by atoms with E-state index in [1.807, 2.05) is 18.2 Å². The van der Waals surface area contributed by atoms with Gasteiger partial charge in [0.25, 0.3) is 16.7 Å². The minimum absolute atomic E-state index is 0.167. The number of imide groups is 1. The molecule has 4 aromatic rings. The number of fused-ring (bicyclic) bond motifs is 1. The molecule has 11 nitrogen and oxygen atoms in total. The molecule has 1 fully saturated rings. The second kappa shape index (κ2) is 12.1. The molecule has 0 spiro atoms. The van der Waals surface area contributed by atoms with Crippen molar-refractivity contribution < 1.29 is 23.8 Å². The maximum atomic E-state index is 13.9. The van der Waals surface area contributed by atoms with Gasteiger partial charge in [0.1, 0.15) is 23.7 Å². The van der Waals surface area contributed by atoms with E-state index in [-0.39, 0.29) is 18.7 Å². The number of carbonyl (C=O) groups excluding carboxylic acids is 2. The van der Waals surface area contributed by atoms with Crippen LogP contribution in [0.4, 0.5) is 4.79 Å². The van der Waals surface area contributed by atoms with Crippen LogP contribution < -0.4 is 25.1 Å². The molecule has 1 N–H and O–H groups in total. The highest BCUT2D eigenvalue weighted by Gasteiger charge is 2.27. The Balaban J connectivity index is 1.50. The molecule has 0 aliphatic carbocycles. The Kier molecular flexibility index (Phi) is 8.34. The highest BCUT2D eigenvalue weighted by Crippen LogP contribution is 2.33. The van der Waals surface area contributed by atoms with Crippen LogP contribution in [0.3, 0.4) is 0 Å². The van der Waals surface area contributed by atoms with Gasteiger partial charge in [0.2, 0.25) is 0 Å². The zero-order valence-corrected chi connectivity index (χ0v) is 24.8. The Hall–Kier alpha value is -4.58. The summed E-state index contributed by atoms with van der Waals surface area (Å²) in [5.41, 5.74) is 3.66. The Morgan fingerprint density at radius 3 is 2.52 bits per heavy atom. The number of methoxy groups -OCH3 is 2. The fraction of sp³-hybridized carbons (Fsp3) is 0.300. The van der Waals surface area contributed by atoms with E-state index in [0.717, 1.165) is 29.4 Å². The number of allylic oxidation sites excluding steroid dienone is 1. The lowest BCUT2D eigenvalue weighted by Gasteiger charge is -2.16. The number of nitrogens with zero attached hydrogens (tertiary/aromatic N) is 4. The zero-order chi connectivity index (χ0) is 30.0. The molecule has 5 rings (SSSR count). The van der Waals surface area contributed by atoms with Crippen LogP contribution in [0.1, 0.15) is 31.5 Å². The largest absolute Gasteiger partial charge is 0.493 e. The highest BCUT2D eigenvalue weighted by atomic mass is 32.2. The highest BCUT2D eigenvalue weighted by molar-refractivity contribution is 8.18. The Morgan fingerprint density at radius 2 is 1.83 bits per heavy atom. The van der Waals surface area contributed by atoms with Gasteiger partial charge in [-0.2, -0.15) is 5.10 Å². The molecule has 2 amide bonds. The number of nitrogens with one attached hydrogen (secondary N) is 1. The molecule has 3 heterocycles. The lowest BCUT2D eigenvalue weighted by atomic mass is 10.1. The molecule has 218 valence electrons. The van der Waals surface area contributed by atoms with E-state index in [1.165, 1.54) is 0 Å². The average molecular weight is 590 g/mol. The lowest BCUT2D eigenvalue weighted by molar-refractivity contribution is -0.115. The van der Waals surface area contributed by atoms with Gasteiger partial charge in [-0.3, -0.25) is 28.9 Å². The summed E-state index contributed by atoms with van der Waals surface area (Å²) >= 11 is 0.881. The van der Waals surface area contributed by atoms with E-state index < -0.39 is 11.1 Å². The molecule has 1 saturated heterocycles. The number of ether oxygens (including phenoxy) is 3. The van der Waals surface area contributed by atoms with Gasteiger partial charge in [0, 0.05) is 12.6 Å². The second-order valence-electron chi connectivity index (χ2n) is 9.65. The standard InChI is InChI=1S/C30H31N5O6S/c1-6-8-21-24-25(34(3)33-21)29(37)35(27(31-24)19-11-12-22(39-4)23(16-19)40-5)13-14-41-20-10-7-9-18(15-20)17(2)26-28(36)32-30(38)42-26/h7,9-12,15-16H,6,8,13-14H2,1-5H3,(H,32,36,38)/b26-17+. The molecule has 12 heteroatoms. The third kappa shape index (κ3) is 5.49. The van der Waals surface area contributed by atoms with Gasteiger partial charge < -0.3 is 14.2 Å². The Morgan fingerprint density at radius 1 is 1.05 bits per heavy atom. The van der Waals surface area contributed by atoms with E-state index in [1.54, 1.807) is 61.7 Å². The molecule has 0 bridgehead atoms. The summed E-state index contributed by atoms with van der Waals surface area (Å²) in [5, 5.41) is 6.48. The van der Waals surface area contributed by atoms with Gasteiger partial charge in [-0.05, 0) is 66.6 Å². The number of hydrogen-bond acceptors (Lipinski definition) is 9. The number of carbonyl (C=O) groups is 2. The number of amides is 2. The van der Waals surface area contributed by atoms with Gasteiger partial charge in [0.05, 0.1) is 31.4 Å². The van der Waals surface area contributed by atoms with Crippen molar-refractivity contribution in [2.24, 2.45) is 7.05 Å². The Bertz CT molecular complexity index is 1790. The summed E-state index contributed by atoms with van der Waals surface area (Å²) in [6.45, 7) is 4.22. The van der Waals surface area contributed by atoms with Crippen molar-refractivity contribution in [3.8, 4) is 28.6 Å². The lowest BCUT2D eigenvalue weighted by Crippen LogP contribution is -2.27. The molecule has 42 heavy (non-hydrogen) atoms. The van der Waals surface area contributed by atoms with Crippen LogP contribution in [-0.4, -0.2) is 51.3 Å². The van der Waals surface area contributed by atoms with E-state index in [2.05, 4.69) is 17.3 Å². The van der Waals surface area contributed by atoms with Crippen LogP contribution in [0.15, 0.2) is 52.2 Å². The van der Waals surface area contributed by atoms with Crippen LogP contribution >= 0.6 is 11.8 Å². The average Bonchev–Trinajstić information content (AvgIpc) is 3.50. The normalized spacial score (nSPS) is 14.3. The van der Waals surface area contributed by atoms with E-state index in [0.29, 0.717) is 56.6 Å². The molecule has 2 aromatic carbocycles. The minimum Gasteiger partial charge on any atom is -0.493 e. The summed E-state index contributed by atoms with van der Waals surface area (Å²) in [6, 6.07) is 12.7. The predicted octanol–water partition coefficient (Wildman–Crippen LogP) is 4.56. The first kappa shape index (κ1) is 28.9. The van der Waals surface area contributed by atoms with Crippen molar-refractivity contribution in [2.75, 3.05) is 20.8 Å². The first-order valence-corrected chi connectivity index (χ1v) is 14.2. The monoisotopic (exact) mass is 589 g/mol. The summed E-state index contributed by atoms with van der Waals surface area (Å²) in [6.07, 6.45) is 1.56. The number of hydrogen-bond donors (Lipinski definition) is 1. The molecular formula is C30H31N5O6S. The molecule has 1 aliphatic heterocycles. The Labute approximate surface area is 246 Å². The summed E-state index contributed by atoms with van der Waals surface area (Å²) in [5.74, 6) is 1.70. The molecule has 0 unspecified atom stereocenters. The van der Waals surface area contributed by atoms with Gasteiger partial charge in [-0.15, -0.1) is 0 Å². The van der Waals surface area contributed by atoms with Gasteiger partial charge in [-0.1, -0.05) is 25.5 Å². The van der Waals surface area contributed by atoms with Crippen molar-refractivity contribution in [1.82, 2.24) is 24.6 Å². The fourth-order valence-corrected chi connectivity index (χ4v) is 5.63. The predicted molar refractivity (Wildman–Crippen MR) is 161 cm³/mol. The quantitative estimate of drug-likeness (QED) is 0.265. The smallest absolute Gasteiger partial charge is 0.290 e. The summed E-state index contributed by atoms with van der Waals surface area (Å²) < 4.78 is 20.2. The minimum atomic E-state index is -0.406. The number of benzene rings is 2. The zero-order valence-electron chi connectivity index (χ0n) is 24.0. The maximum Gasteiger partial charge on any atom is 0.290 e. The number of thioether (sulfide) groups is 1. The second-order valence-corrected chi connectivity index (χ2v) is 10.6. The van der Waals surface area contributed by atoms with Crippen molar-refractivity contribution >= 4 is 39.5 Å². The van der Waals surface area contributed by atoms with Crippen LogP contribution in [0.5, 0.6) is 17.2 Å². The van der Waals surface area contributed by atoms with Crippen LogP contribution in [-0.2, 0) is 24.8 Å². The maximum absolute atomic E-state index is 13.9. The van der Waals surface area contributed by atoms with Crippen molar-refractivity contribution in [1.29, 1.82) is 0 Å². The van der Waals surface area contributed by atoms with E-state index >= 15 is 0 Å². The van der Waals surface area contributed by atoms with Crippen LogP contribution in [0.25, 0.3) is 28.0 Å². The number of rotatable bonds is 10. The third-order valence-corrected chi connectivity index (χ3v) is 7.93. The van der Waals surface area contributed by atoms with Gasteiger partial charge in [-0.25, -0.2) is 4.98 Å². The number of aryl methyl sites for hydroxylation is 2. The molecular weight excluding hydrogens is 558 g/mol. The topological polar surface area (TPSA) is 127 Å². The third-order valence-electron chi connectivity index (χ3n) is 6.95.